The summed E-state index contributed by atoms with van der Waals surface area (Å²) in [5, 5.41) is 4.15. The molecule has 1 aromatic carbocycles. The number of hydrogen-bond donors (Lipinski definition) is 1. The number of carbonyl (C=O) groups is 1. The molecule has 5 heteroatoms. The molecule has 2 fully saturated rings. The number of hydrogen-bond acceptors (Lipinski definition) is 3. The number of terminal acetylenes is 1. The number of benzene rings is 1. The molecule has 4 nitrogen and oxygen atoms in total. The van der Waals surface area contributed by atoms with Gasteiger partial charge in [0.05, 0.1) is 5.52 Å². The molecule has 168 valence electrons. The van der Waals surface area contributed by atoms with E-state index in [9.17, 15) is 9.18 Å². The molecular weight excluding hydrogens is 413 g/mol. The Hall–Kier alpha value is -3.26. The van der Waals surface area contributed by atoms with Crippen molar-refractivity contribution >= 4 is 16.8 Å². The van der Waals surface area contributed by atoms with E-state index in [2.05, 4.69) is 41.1 Å². The number of fused-ring (bicyclic) bond motifs is 2. The minimum atomic E-state index is -0.324. The van der Waals surface area contributed by atoms with Crippen LogP contribution in [0.5, 0.6) is 0 Å². The van der Waals surface area contributed by atoms with Gasteiger partial charge in [-0.25, -0.2) is 9.37 Å². The third-order valence-corrected chi connectivity index (χ3v) is 7.81. The third-order valence-electron chi connectivity index (χ3n) is 7.81. The van der Waals surface area contributed by atoms with Crippen LogP contribution in [0.15, 0.2) is 48.8 Å². The summed E-state index contributed by atoms with van der Waals surface area (Å²) >= 11 is 0. The van der Waals surface area contributed by atoms with E-state index in [4.69, 9.17) is 6.42 Å². The van der Waals surface area contributed by atoms with Gasteiger partial charge < -0.3 is 5.32 Å². The largest absolute Gasteiger partial charge is 0.346 e. The van der Waals surface area contributed by atoms with Crippen LogP contribution >= 0.6 is 0 Å². The molecule has 1 N–H and O–H groups in total. The van der Waals surface area contributed by atoms with Crippen molar-refractivity contribution in [1.29, 1.82) is 0 Å². The summed E-state index contributed by atoms with van der Waals surface area (Å²) in [6, 6.07) is 10.3. The monoisotopic (exact) mass is 441 g/mol. The highest BCUT2D eigenvalue weighted by atomic mass is 19.1. The van der Waals surface area contributed by atoms with Crippen LogP contribution < -0.4 is 5.32 Å². The predicted molar refractivity (Wildman–Crippen MR) is 127 cm³/mol. The lowest BCUT2D eigenvalue weighted by Gasteiger charge is -2.33. The SMILES string of the molecule is C#Cc1ccc(C(=O)NC(C)(C)C2C[C@H]3CC(c4ccnc5ccc(F)cc45)C[C@H]3C2)nc1. The average molecular weight is 442 g/mol. The molecule has 2 heterocycles. The first-order chi connectivity index (χ1) is 15.8. The number of carbonyl (C=O) groups excluding carboxylic acids is 1. The quantitative estimate of drug-likeness (QED) is 0.546. The molecule has 5 rings (SSSR count). The molecule has 2 aromatic heterocycles. The molecule has 33 heavy (non-hydrogen) atoms. The number of amides is 1. The number of nitrogens with one attached hydrogen (secondary N) is 1. The smallest absolute Gasteiger partial charge is 0.270 e. The van der Waals surface area contributed by atoms with E-state index in [0.717, 1.165) is 36.6 Å². The summed E-state index contributed by atoms with van der Waals surface area (Å²) in [4.78, 5) is 21.4. The molecule has 2 saturated carbocycles. The fourth-order valence-electron chi connectivity index (χ4n) is 6.03. The van der Waals surface area contributed by atoms with Crippen molar-refractivity contribution in [1.82, 2.24) is 15.3 Å². The van der Waals surface area contributed by atoms with Gasteiger partial charge in [0.15, 0.2) is 0 Å². The van der Waals surface area contributed by atoms with Gasteiger partial charge in [-0.2, -0.15) is 0 Å². The highest BCUT2D eigenvalue weighted by molar-refractivity contribution is 5.92. The van der Waals surface area contributed by atoms with Crippen molar-refractivity contribution in [3.8, 4) is 12.3 Å². The van der Waals surface area contributed by atoms with Gasteiger partial charge >= 0.3 is 0 Å². The highest BCUT2D eigenvalue weighted by Gasteiger charge is 2.47. The molecule has 0 bridgehead atoms. The molecule has 0 saturated heterocycles. The number of halogens is 1. The van der Waals surface area contributed by atoms with Gasteiger partial charge in [-0.1, -0.05) is 5.92 Å². The zero-order chi connectivity index (χ0) is 23.2. The molecule has 3 aromatic rings. The van der Waals surface area contributed by atoms with Gasteiger partial charge in [0.2, 0.25) is 0 Å². The molecule has 0 spiro atoms. The maximum absolute atomic E-state index is 13.9. The van der Waals surface area contributed by atoms with Crippen molar-refractivity contribution in [3.05, 3.63) is 71.4 Å². The first-order valence-corrected chi connectivity index (χ1v) is 11.6. The van der Waals surface area contributed by atoms with Gasteiger partial charge in [0.25, 0.3) is 5.91 Å². The summed E-state index contributed by atoms with van der Waals surface area (Å²) in [6.45, 7) is 4.23. The number of nitrogens with zero attached hydrogens (tertiary/aromatic N) is 2. The van der Waals surface area contributed by atoms with Crippen molar-refractivity contribution in [2.45, 2.75) is 51.0 Å². The normalized spacial score (nSPS) is 24.4. The Morgan fingerprint density at radius 1 is 1.09 bits per heavy atom. The standard InChI is InChI=1S/C28H28FN3O/c1-4-17-5-7-26(31-16-17)27(33)32-28(2,3)21-13-18-11-20(12-19(18)14-21)23-9-10-30-25-8-6-22(29)15-24(23)25/h1,5-10,15-16,18-21H,11-14H2,2-3H3,(H,32,33)/t18-,19+,20?,21?. The van der Waals surface area contributed by atoms with Crippen LogP contribution in [0.2, 0.25) is 0 Å². The van der Waals surface area contributed by atoms with Crippen LogP contribution in [-0.2, 0) is 0 Å². The second-order valence-corrected chi connectivity index (χ2v) is 10.2. The first kappa shape index (κ1) is 21.6. The van der Waals surface area contributed by atoms with Crippen LogP contribution in [0.1, 0.15) is 67.1 Å². The molecule has 2 aliphatic carbocycles. The highest BCUT2D eigenvalue weighted by Crippen LogP contribution is 2.55. The van der Waals surface area contributed by atoms with Gasteiger partial charge in [0, 0.05) is 28.9 Å². The maximum atomic E-state index is 13.9. The second-order valence-electron chi connectivity index (χ2n) is 10.2. The topological polar surface area (TPSA) is 54.9 Å². The lowest BCUT2D eigenvalue weighted by atomic mass is 9.82. The zero-order valence-electron chi connectivity index (χ0n) is 19.0. The Morgan fingerprint density at radius 3 is 2.52 bits per heavy atom. The number of aromatic nitrogens is 2. The summed E-state index contributed by atoms with van der Waals surface area (Å²) < 4.78 is 13.9. The summed E-state index contributed by atoms with van der Waals surface area (Å²) in [6.07, 6.45) is 13.2. The van der Waals surface area contributed by atoms with Gasteiger partial charge in [-0.15, -0.1) is 6.42 Å². The van der Waals surface area contributed by atoms with Crippen molar-refractivity contribution in [2.24, 2.45) is 17.8 Å². The Bertz CT molecular complexity index is 1230. The van der Waals surface area contributed by atoms with Gasteiger partial charge in [-0.05, 0) is 105 Å². The molecule has 4 atom stereocenters. The molecule has 2 unspecified atom stereocenters. The fourth-order valence-corrected chi connectivity index (χ4v) is 6.03. The van der Waals surface area contributed by atoms with Crippen LogP contribution in [0, 0.1) is 35.9 Å². The van der Waals surface area contributed by atoms with Crippen LogP contribution in [0.4, 0.5) is 4.39 Å². The van der Waals surface area contributed by atoms with E-state index >= 15 is 0 Å². The summed E-state index contributed by atoms with van der Waals surface area (Å²) in [5.41, 5.74) is 2.80. The van der Waals surface area contributed by atoms with Crippen LogP contribution in [0.25, 0.3) is 10.9 Å². The van der Waals surface area contributed by atoms with Crippen LogP contribution in [-0.4, -0.2) is 21.4 Å². The fraction of sp³-hybridized carbons (Fsp3) is 0.393. The lowest BCUT2D eigenvalue weighted by molar-refractivity contribution is 0.0872. The summed E-state index contributed by atoms with van der Waals surface area (Å²) in [5.74, 6) is 4.24. The van der Waals surface area contributed by atoms with E-state index in [1.807, 2.05) is 6.20 Å². The Morgan fingerprint density at radius 2 is 1.85 bits per heavy atom. The van der Waals surface area contributed by atoms with Gasteiger partial charge in [0.1, 0.15) is 11.5 Å². The van der Waals surface area contributed by atoms with Crippen molar-refractivity contribution in [3.63, 3.8) is 0 Å². The molecule has 0 radical (unpaired) electrons. The van der Waals surface area contributed by atoms with E-state index in [1.165, 1.54) is 11.6 Å². The molecule has 2 aliphatic rings. The number of pyridine rings is 2. The maximum Gasteiger partial charge on any atom is 0.270 e. The Kier molecular flexibility index (Phi) is 5.40. The Labute approximate surface area is 194 Å². The minimum Gasteiger partial charge on any atom is -0.346 e. The third kappa shape index (κ3) is 4.11. The van der Waals surface area contributed by atoms with E-state index in [0.29, 0.717) is 34.9 Å². The van der Waals surface area contributed by atoms with E-state index in [1.54, 1.807) is 30.5 Å². The molecule has 1 amide bonds. The van der Waals surface area contributed by atoms with Crippen molar-refractivity contribution < 1.29 is 9.18 Å². The summed E-state index contributed by atoms with van der Waals surface area (Å²) in [7, 11) is 0. The predicted octanol–water partition coefficient (Wildman–Crippen LogP) is 5.48. The van der Waals surface area contributed by atoms with Crippen molar-refractivity contribution in [2.75, 3.05) is 0 Å². The number of rotatable bonds is 4. The minimum absolute atomic E-state index is 0.163. The van der Waals surface area contributed by atoms with E-state index in [-0.39, 0.29) is 17.3 Å². The molecule has 0 aliphatic heterocycles. The molecular formula is C28H28FN3O. The van der Waals surface area contributed by atoms with Gasteiger partial charge in [-0.3, -0.25) is 9.78 Å². The first-order valence-electron chi connectivity index (χ1n) is 11.6. The lowest BCUT2D eigenvalue weighted by Crippen LogP contribution is -2.48. The van der Waals surface area contributed by atoms with Crippen LogP contribution in [0.3, 0.4) is 0 Å². The zero-order valence-corrected chi connectivity index (χ0v) is 19.0. The average Bonchev–Trinajstić information content (AvgIpc) is 3.38. The van der Waals surface area contributed by atoms with E-state index < -0.39 is 0 Å². The Balaban J connectivity index is 1.26. The second kappa shape index (κ2) is 8.26.